The van der Waals surface area contributed by atoms with E-state index in [0.717, 1.165) is 28.9 Å². The maximum atomic E-state index is 9.43. The lowest BCUT2D eigenvalue weighted by atomic mass is 10.1. The lowest BCUT2D eigenvalue weighted by Gasteiger charge is -2.15. The second kappa shape index (κ2) is 7.55. The van der Waals surface area contributed by atoms with Crippen LogP contribution in [0.2, 0.25) is 0 Å². The van der Waals surface area contributed by atoms with E-state index in [1.165, 1.54) is 10.9 Å². The van der Waals surface area contributed by atoms with Crippen molar-refractivity contribution in [3.8, 4) is 5.75 Å². The van der Waals surface area contributed by atoms with Crippen LogP contribution in [0.4, 0.5) is 5.82 Å². The molecule has 2 heterocycles. The lowest BCUT2D eigenvalue weighted by Crippen LogP contribution is -2.28. The largest absolute Gasteiger partial charge is 0.497 e. The van der Waals surface area contributed by atoms with Crippen LogP contribution in [0.5, 0.6) is 5.75 Å². The zero-order valence-corrected chi connectivity index (χ0v) is 14.5. The number of pyridine rings is 1. The van der Waals surface area contributed by atoms with Crippen molar-refractivity contribution in [2.24, 2.45) is 0 Å². The highest BCUT2D eigenvalue weighted by Crippen LogP contribution is 2.24. The second-order valence-electron chi connectivity index (χ2n) is 6.21. The first-order valence-corrected chi connectivity index (χ1v) is 8.33. The third kappa shape index (κ3) is 3.92. The highest BCUT2D eigenvalue weighted by molar-refractivity contribution is 5.84. The van der Waals surface area contributed by atoms with Crippen LogP contribution < -0.4 is 15.8 Å². The Hall–Kier alpha value is -2.57. The van der Waals surface area contributed by atoms with Crippen molar-refractivity contribution in [3.05, 3.63) is 53.3 Å². The van der Waals surface area contributed by atoms with Gasteiger partial charge in [-0.1, -0.05) is 6.07 Å². The Morgan fingerprint density at radius 3 is 2.88 bits per heavy atom. The molecule has 1 unspecified atom stereocenters. The van der Waals surface area contributed by atoms with Crippen LogP contribution in [-0.4, -0.2) is 28.2 Å². The number of aromatic amines is 1. The number of hydrogen-bond acceptors (Lipinski definition) is 5. The van der Waals surface area contributed by atoms with Crippen LogP contribution >= 0.6 is 0 Å². The normalized spacial score (nSPS) is 12.4. The first kappa shape index (κ1) is 17.3. The number of fused-ring (bicyclic) bond motifs is 1. The van der Waals surface area contributed by atoms with Crippen molar-refractivity contribution in [2.75, 3.05) is 12.8 Å². The van der Waals surface area contributed by atoms with E-state index >= 15 is 0 Å². The van der Waals surface area contributed by atoms with Gasteiger partial charge in [0.1, 0.15) is 11.6 Å². The first-order chi connectivity index (χ1) is 12.1. The van der Waals surface area contributed by atoms with E-state index in [1.54, 1.807) is 13.2 Å². The number of nitrogens with two attached hydrogens (primary N) is 1. The fraction of sp³-hybridized carbons (Fsp3) is 0.316. The zero-order valence-electron chi connectivity index (χ0n) is 14.5. The van der Waals surface area contributed by atoms with E-state index < -0.39 is 0 Å². The van der Waals surface area contributed by atoms with E-state index in [1.807, 2.05) is 24.4 Å². The Balaban J connectivity index is 1.69. The number of methoxy groups -OCH3 is 1. The number of ether oxygens (including phenoxy) is 1. The molecular weight excluding hydrogens is 316 g/mol. The Morgan fingerprint density at radius 2 is 2.12 bits per heavy atom. The molecule has 5 N–H and O–H groups in total. The van der Waals surface area contributed by atoms with E-state index in [0.29, 0.717) is 12.4 Å². The standard InChI is InChI=1S/C19H24N4O2/c1-12(21-10-18-13(11-24)3-6-19(20)23-18)7-14-9-22-17-5-4-15(25-2)8-16(14)17/h3-6,8-9,12,21-22,24H,7,10-11H2,1-2H3,(H2,20,23). The number of aliphatic hydroxyl groups excluding tert-OH is 1. The maximum Gasteiger partial charge on any atom is 0.123 e. The molecule has 0 bridgehead atoms. The minimum absolute atomic E-state index is 0.0408. The molecule has 0 saturated heterocycles. The van der Waals surface area contributed by atoms with Crippen molar-refractivity contribution in [1.82, 2.24) is 15.3 Å². The molecule has 25 heavy (non-hydrogen) atoms. The van der Waals surface area contributed by atoms with Crippen molar-refractivity contribution in [3.63, 3.8) is 0 Å². The fourth-order valence-electron chi connectivity index (χ4n) is 2.97. The van der Waals surface area contributed by atoms with Crippen LogP contribution in [-0.2, 0) is 19.6 Å². The molecule has 0 fully saturated rings. The van der Waals surface area contributed by atoms with Crippen molar-refractivity contribution < 1.29 is 9.84 Å². The smallest absolute Gasteiger partial charge is 0.123 e. The van der Waals surface area contributed by atoms with Gasteiger partial charge >= 0.3 is 0 Å². The highest BCUT2D eigenvalue weighted by Gasteiger charge is 2.11. The van der Waals surface area contributed by atoms with Gasteiger partial charge in [0.15, 0.2) is 0 Å². The number of aliphatic hydroxyl groups is 1. The molecule has 0 aliphatic carbocycles. The summed E-state index contributed by atoms with van der Waals surface area (Å²) in [6.45, 7) is 2.65. The molecule has 2 aromatic heterocycles. The number of nitrogens with zero attached hydrogens (tertiary/aromatic N) is 1. The molecule has 0 amide bonds. The molecule has 0 aliphatic heterocycles. The van der Waals surface area contributed by atoms with Gasteiger partial charge in [-0.15, -0.1) is 0 Å². The van der Waals surface area contributed by atoms with Crippen molar-refractivity contribution >= 4 is 16.7 Å². The molecular formula is C19H24N4O2. The number of nitrogen functional groups attached to an aromatic ring is 1. The van der Waals surface area contributed by atoms with E-state index in [4.69, 9.17) is 10.5 Å². The molecule has 0 radical (unpaired) electrons. The van der Waals surface area contributed by atoms with Crippen LogP contribution in [0.25, 0.3) is 10.9 Å². The molecule has 6 heteroatoms. The number of aromatic nitrogens is 2. The SMILES string of the molecule is COc1ccc2[nH]cc(CC(C)NCc3nc(N)ccc3CO)c2c1. The Morgan fingerprint density at radius 1 is 1.28 bits per heavy atom. The quantitative estimate of drug-likeness (QED) is 0.529. The molecule has 3 rings (SSSR count). The van der Waals surface area contributed by atoms with Gasteiger partial charge in [0.25, 0.3) is 0 Å². The third-order valence-corrected chi connectivity index (χ3v) is 4.38. The van der Waals surface area contributed by atoms with E-state index in [-0.39, 0.29) is 12.6 Å². The minimum Gasteiger partial charge on any atom is -0.497 e. The topological polar surface area (TPSA) is 96.2 Å². The molecule has 3 aromatic rings. The van der Waals surface area contributed by atoms with Crippen LogP contribution in [0.1, 0.15) is 23.7 Å². The predicted octanol–water partition coefficient (Wildman–Crippen LogP) is 2.37. The summed E-state index contributed by atoms with van der Waals surface area (Å²) in [7, 11) is 1.68. The van der Waals surface area contributed by atoms with Crippen LogP contribution in [0.15, 0.2) is 36.5 Å². The van der Waals surface area contributed by atoms with Crippen molar-refractivity contribution in [1.29, 1.82) is 0 Å². The number of H-pyrrole nitrogens is 1. The van der Waals surface area contributed by atoms with Crippen LogP contribution in [0.3, 0.4) is 0 Å². The summed E-state index contributed by atoms with van der Waals surface area (Å²) in [5.74, 6) is 1.32. The number of benzene rings is 1. The monoisotopic (exact) mass is 340 g/mol. The van der Waals surface area contributed by atoms with E-state index in [9.17, 15) is 5.11 Å². The van der Waals surface area contributed by atoms with Gasteiger partial charge in [-0.2, -0.15) is 0 Å². The third-order valence-electron chi connectivity index (χ3n) is 4.38. The molecule has 0 aliphatic rings. The summed E-state index contributed by atoms with van der Waals surface area (Å²) in [5.41, 5.74) is 9.67. The summed E-state index contributed by atoms with van der Waals surface area (Å²) in [4.78, 5) is 7.62. The van der Waals surface area contributed by atoms with Gasteiger partial charge in [0.05, 0.1) is 19.4 Å². The number of anilines is 1. The Labute approximate surface area is 147 Å². The van der Waals surface area contributed by atoms with Gasteiger partial charge in [-0.25, -0.2) is 4.98 Å². The number of rotatable bonds is 7. The fourth-order valence-corrected chi connectivity index (χ4v) is 2.97. The molecule has 1 atom stereocenters. The number of nitrogens with one attached hydrogen (secondary N) is 2. The number of hydrogen-bond donors (Lipinski definition) is 4. The first-order valence-electron chi connectivity index (χ1n) is 8.33. The summed E-state index contributed by atoms with van der Waals surface area (Å²) in [6, 6.07) is 9.79. The molecule has 0 saturated carbocycles. The summed E-state index contributed by atoms with van der Waals surface area (Å²) < 4.78 is 5.32. The summed E-state index contributed by atoms with van der Waals surface area (Å²) >= 11 is 0. The lowest BCUT2D eigenvalue weighted by molar-refractivity contribution is 0.279. The predicted molar refractivity (Wildman–Crippen MR) is 99.4 cm³/mol. The maximum absolute atomic E-state index is 9.43. The average Bonchev–Trinajstić information content (AvgIpc) is 3.02. The molecule has 6 nitrogen and oxygen atoms in total. The van der Waals surface area contributed by atoms with Gasteiger partial charge in [0, 0.05) is 35.2 Å². The average molecular weight is 340 g/mol. The summed E-state index contributed by atoms with van der Waals surface area (Å²) in [5, 5.41) is 14.1. The van der Waals surface area contributed by atoms with Crippen molar-refractivity contribution in [2.45, 2.75) is 32.5 Å². The molecule has 0 spiro atoms. The highest BCUT2D eigenvalue weighted by atomic mass is 16.5. The van der Waals surface area contributed by atoms with Crippen LogP contribution in [0, 0.1) is 0 Å². The molecule has 1 aromatic carbocycles. The molecule has 132 valence electrons. The Kier molecular flexibility index (Phi) is 5.21. The summed E-state index contributed by atoms with van der Waals surface area (Å²) in [6.07, 6.45) is 2.91. The van der Waals surface area contributed by atoms with Gasteiger partial charge in [-0.05, 0) is 43.2 Å². The van der Waals surface area contributed by atoms with E-state index in [2.05, 4.69) is 28.3 Å². The minimum atomic E-state index is -0.0408. The van der Waals surface area contributed by atoms with Gasteiger partial charge < -0.3 is 25.9 Å². The zero-order chi connectivity index (χ0) is 17.8. The second-order valence-corrected chi connectivity index (χ2v) is 6.21. The Bertz CT molecular complexity index is 860. The van der Waals surface area contributed by atoms with Gasteiger partial charge in [-0.3, -0.25) is 0 Å². The van der Waals surface area contributed by atoms with Gasteiger partial charge in [0.2, 0.25) is 0 Å².